The Morgan fingerprint density at radius 3 is 2.92 bits per heavy atom. The number of imidazole rings is 1. The molecule has 0 radical (unpaired) electrons. The number of aliphatic imine (C=N–C) groups is 1. The summed E-state index contributed by atoms with van der Waals surface area (Å²) in [6, 6.07) is 14.0. The van der Waals surface area contributed by atoms with E-state index in [0.717, 1.165) is 52.8 Å². The molecule has 0 unspecified atom stereocenters. The molecule has 2 heterocycles. The zero-order valence-electron chi connectivity index (χ0n) is 14.6. The number of benzene rings is 2. The number of hydrogen-bond donors (Lipinski definition) is 3. The van der Waals surface area contributed by atoms with Gasteiger partial charge in [0, 0.05) is 26.6 Å². The molecule has 0 saturated carbocycles. The van der Waals surface area contributed by atoms with Crippen molar-refractivity contribution in [2.75, 3.05) is 20.4 Å². The minimum absolute atomic E-state index is 0.289. The molecule has 26 heavy (non-hydrogen) atoms. The highest BCUT2D eigenvalue weighted by molar-refractivity contribution is 5.79. The van der Waals surface area contributed by atoms with Gasteiger partial charge in [-0.15, -0.1) is 0 Å². The summed E-state index contributed by atoms with van der Waals surface area (Å²) in [6.07, 6.45) is 0.791. The van der Waals surface area contributed by atoms with E-state index >= 15 is 0 Å². The molecule has 4 rings (SSSR count). The van der Waals surface area contributed by atoms with E-state index in [0.29, 0.717) is 6.54 Å². The summed E-state index contributed by atoms with van der Waals surface area (Å²) in [5, 5.41) is 6.61. The fraction of sp³-hybridized carbons (Fsp3) is 0.263. The smallest absolute Gasteiger partial charge is 0.231 e. The van der Waals surface area contributed by atoms with Crippen LogP contribution < -0.4 is 20.1 Å². The van der Waals surface area contributed by atoms with Crippen LogP contribution in [0.25, 0.3) is 11.0 Å². The lowest BCUT2D eigenvalue weighted by Crippen LogP contribution is -2.37. The summed E-state index contributed by atoms with van der Waals surface area (Å²) >= 11 is 0. The average Bonchev–Trinajstić information content (AvgIpc) is 3.30. The second-order valence-electron chi connectivity index (χ2n) is 5.99. The van der Waals surface area contributed by atoms with E-state index in [1.54, 1.807) is 7.05 Å². The Morgan fingerprint density at radius 2 is 2.04 bits per heavy atom. The molecule has 134 valence electrons. The van der Waals surface area contributed by atoms with Gasteiger partial charge in [0.25, 0.3) is 0 Å². The van der Waals surface area contributed by atoms with Crippen molar-refractivity contribution >= 4 is 17.0 Å². The molecule has 0 fully saturated rings. The van der Waals surface area contributed by atoms with Crippen LogP contribution in [-0.2, 0) is 13.0 Å². The summed E-state index contributed by atoms with van der Waals surface area (Å²) in [6.45, 7) is 1.68. The van der Waals surface area contributed by atoms with Crippen LogP contribution in [-0.4, -0.2) is 36.3 Å². The lowest BCUT2D eigenvalue weighted by atomic mass is 10.2. The number of rotatable bonds is 5. The number of fused-ring (bicyclic) bond motifs is 2. The van der Waals surface area contributed by atoms with Gasteiger partial charge in [0.1, 0.15) is 5.82 Å². The van der Waals surface area contributed by atoms with Crippen LogP contribution in [0.3, 0.4) is 0 Å². The molecule has 3 N–H and O–H groups in total. The second-order valence-corrected chi connectivity index (χ2v) is 5.99. The van der Waals surface area contributed by atoms with Crippen molar-refractivity contribution in [2.45, 2.75) is 13.0 Å². The molecule has 0 spiro atoms. The predicted molar refractivity (Wildman–Crippen MR) is 101 cm³/mol. The highest BCUT2D eigenvalue weighted by atomic mass is 16.7. The largest absolute Gasteiger partial charge is 0.454 e. The molecular formula is C19H21N5O2. The zero-order valence-corrected chi connectivity index (χ0v) is 14.6. The molecule has 0 bridgehead atoms. The number of ether oxygens (including phenoxy) is 2. The van der Waals surface area contributed by atoms with Gasteiger partial charge in [0.05, 0.1) is 11.0 Å². The monoisotopic (exact) mass is 351 g/mol. The second kappa shape index (κ2) is 7.35. The van der Waals surface area contributed by atoms with Gasteiger partial charge >= 0.3 is 0 Å². The highest BCUT2D eigenvalue weighted by Crippen LogP contribution is 2.32. The first-order valence-corrected chi connectivity index (χ1v) is 8.58. The Bertz CT molecular complexity index is 902. The third kappa shape index (κ3) is 3.56. The summed E-state index contributed by atoms with van der Waals surface area (Å²) in [5.41, 5.74) is 3.16. The zero-order chi connectivity index (χ0) is 17.8. The van der Waals surface area contributed by atoms with E-state index < -0.39 is 0 Å². The molecule has 0 aliphatic carbocycles. The number of aromatic nitrogens is 2. The quantitative estimate of drug-likeness (QED) is 0.485. The van der Waals surface area contributed by atoms with E-state index in [2.05, 4.69) is 25.6 Å². The normalized spacial score (nSPS) is 13.2. The summed E-state index contributed by atoms with van der Waals surface area (Å²) in [7, 11) is 1.76. The number of nitrogens with zero attached hydrogens (tertiary/aromatic N) is 2. The predicted octanol–water partition coefficient (Wildman–Crippen LogP) is 2.20. The Kier molecular flexibility index (Phi) is 4.59. The summed E-state index contributed by atoms with van der Waals surface area (Å²) in [5.74, 6) is 3.29. The minimum atomic E-state index is 0.289. The van der Waals surface area contributed by atoms with Crippen molar-refractivity contribution in [1.82, 2.24) is 20.6 Å². The minimum Gasteiger partial charge on any atom is -0.454 e. The van der Waals surface area contributed by atoms with Crippen LogP contribution >= 0.6 is 0 Å². The number of H-pyrrole nitrogens is 1. The molecule has 1 aromatic heterocycles. The topological polar surface area (TPSA) is 83.6 Å². The lowest BCUT2D eigenvalue weighted by Gasteiger charge is -2.11. The van der Waals surface area contributed by atoms with Crippen molar-refractivity contribution in [3.05, 3.63) is 53.9 Å². The van der Waals surface area contributed by atoms with Crippen LogP contribution in [0.4, 0.5) is 0 Å². The van der Waals surface area contributed by atoms with Crippen LogP contribution in [0, 0.1) is 0 Å². The number of nitrogens with one attached hydrogen (secondary N) is 3. The molecule has 0 amide bonds. The van der Waals surface area contributed by atoms with E-state index in [9.17, 15) is 0 Å². The molecule has 7 nitrogen and oxygen atoms in total. The Balaban J connectivity index is 1.28. The van der Waals surface area contributed by atoms with Crippen LogP contribution in [0.2, 0.25) is 0 Å². The van der Waals surface area contributed by atoms with E-state index in [4.69, 9.17) is 9.47 Å². The van der Waals surface area contributed by atoms with Crippen molar-refractivity contribution in [3.63, 3.8) is 0 Å². The maximum Gasteiger partial charge on any atom is 0.231 e. The Morgan fingerprint density at radius 1 is 1.15 bits per heavy atom. The fourth-order valence-corrected chi connectivity index (χ4v) is 2.88. The molecule has 2 aromatic carbocycles. The van der Waals surface area contributed by atoms with Gasteiger partial charge in [0.15, 0.2) is 17.5 Å². The highest BCUT2D eigenvalue weighted by Gasteiger charge is 2.13. The molecule has 7 heteroatoms. The lowest BCUT2D eigenvalue weighted by molar-refractivity contribution is 0.174. The van der Waals surface area contributed by atoms with Gasteiger partial charge in [-0.2, -0.15) is 0 Å². The van der Waals surface area contributed by atoms with Crippen molar-refractivity contribution in [2.24, 2.45) is 4.99 Å². The molecule has 0 atom stereocenters. The molecule has 1 aliphatic heterocycles. The maximum atomic E-state index is 5.40. The van der Waals surface area contributed by atoms with Crippen molar-refractivity contribution in [1.29, 1.82) is 0 Å². The number of guanidine groups is 1. The Hall–Kier alpha value is -3.22. The standard InChI is InChI=1S/C19H21N5O2/c1-20-19(22-11-13-6-7-16-17(10-13)26-12-25-16)21-9-8-18-23-14-4-2-3-5-15(14)24-18/h2-7,10H,8-9,11-12H2,1H3,(H,23,24)(H2,20,21,22). The number of para-hydroxylation sites is 2. The van der Waals surface area contributed by atoms with E-state index in [1.165, 1.54) is 0 Å². The number of aromatic amines is 1. The van der Waals surface area contributed by atoms with Crippen LogP contribution in [0.15, 0.2) is 47.5 Å². The number of hydrogen-bond acceptors (Lipinski definition) is 4. The first-order valence-electron chi connectivity index (χ1n) is 8.58. The summed E-state index contributed by atoms with van der Waals surface area (Å²) < 4.78 is 10.7. The third-order valence-electron chi connectivity index (χ3n) is 4.21. The van der Waals surface area contributed by atoms with E-state index in [-0.39, 0.29) is 6.79 Å². The maximum absolute atomic E-state index is 5.40. The van der Waals surface area contributed by atoms with Gasteiger partial charge in [0.2, 0.25) is 6.79 Å². The van der Waals surface area contributed by atoms with Crippen LogP contribution in [0.1, 0.15) is 11.4 Å². The first kappa shape index (κ1) is 16.3. The van der Waals surface area contributed by atoms with Gasteiger partial charge in [-0.25, -0.2) is 4.98 Å². The van der Waals surface area contributed by atoms with Gasteiger partial charge in [-0.1, -0.05) is 18.2 Å². The SMILES string of the molecule is CN=C(NCCc1nc2ccccc2[nH]1)NCc1ccc2c(c1)OCO2. The summed E-state index contributed by atoms with van der Waals surface area (Å²) in [4.78, 5) is 12.2. The molecule has 3 aromatic rings. The van der Waals surface area contributed by atoms with Crippen molar-refractivity contribution < 1.29 is 9.47 Å². The first-order chi connectivity index (χ1) is 12.8. The van der Waals surface area contributed by atoms with Crippen molar-refractivity contribution in [3.8, 4) is 11.5 Å². The molecule has 1 aliphatic rings. The van der Waals surface area contributed by atoms with E-state index in [1.807, 2.05) is 42.5 Å². The molecular weight excluding hydrogens is 330 g/mol. The van der Waals surface area contributed by atoms with Crippen LogP contribution in [0.5, 0.6) is 11.5 Å². The Labute approximate surface area is 151 Å². The third-order valence-corrected chi connectivity index (χ3v) is 4.21. The molecule has 0 saturated heterocycles. The van der Waals surface area contributed by atoms with Gasteiger partial charge in [-0.05, 0) is 29.8 Å². The fourth-order valence-electron chi connectivity index (χ4n) is 2.88. The average molecular weight is 351 g/mol. The van der Waals surface area contributed by atoms with Gasteiger partial charge in [-0.3, -0.25) is 4.99 Å². The van der Waals surface area contributed by atoms with Gasteiger partial charge < -0.3 is 25.1 Å².